The van der Waals surface area contributed by atoms with Crippen molar-refractivity contribution in [2.24, 2.45) is 0 Å². The molecule has 0 radical (unpaired) electrons. The summed E-state index contributed by atoms with van der Waals surface area (Å²) in [5.74, 6) is 1.02. The third-order valence-electron chi connectivity index (χ3n) is 3.76. The van der Waals surface area contributed by atoms with Crippen LogP contribution in [0.4, 0.5) is 4.79 Å². The number of nitrogens with zero attached hydrogens (tertiary/aromatic N) is 2. The van der Waals surface area contributed by atoms with Crippen molar-refractivity contribution in [2.75, 3.05) is 27.2 Å². The fourth-order valence-corrected chi connectivity index (χ4v) is 2.71. The van der Waals surface area contributed by atoms with E-state index in [1.165, 1.54) is 0 Å². The van der Waals surface area contributed by atoms with Crippen molar-refractivity contribution in [3.8, 4) is 0 Å². The van der Waals surface area contributed by atoms with Crippen molar-refractivity contribution >= 4 is 6.03 Å². The molecule has 5 nitrogen and oxygen atoms in total. The summed E-state index contributed by atoms with van der Waals surface area (Å²) in [4.78, 5) is 15.4. The minimum absolute atomic E-state index is 0.118. The maximum absolute atomic E-state index is 11.9. The van der Waals surface area contributed by atoms with Gasteiger partial charge in [0.1, 0.15) is 5.76 Å². The van der Waals surface area contributed by atoms with Crippen LogP contribution in [0.15, 0.2) is 22.8 Å². The molecule has 0 aromatic carbocycles. The van der Waals surface area contributed by atoms with Crippen molar-refractivity contribution in [1.29, 1.82) is 0 Å². The van der Waals surface area contributed by atoms with Gasteiger partial charge >= 0.3 is 6.03 Å². The van der Waals surface area contributed by atoms with Crippen LogP contribution in [0.1, 0.15) is 25.5 Å². The Hall–Kier alpha value is -1.49. The number of likely N-dealkylation sites (tertiary alicyclic amines) is 1. The highest BCUT2D eigenvalue weighted by molar-refractivity contribution is 5.73. The molecule has 0 aliphatic carbocycles. The van der Waals surface area contributed by atoms with E-state index < -0.39 is 0 Å². The van der Waals surface area contributed by atoms with E-state index in [0.29, 0.717) is 12.1 Å². The summed E-state index contributed by atoms with van der Waals surface area (Å²) in [6.45, 7) is 3.85. The zero-order valence-electron chi connectivity index (χ0n) is 12.6. The lowest BCUT2D eigenvalue weighted by molar-refractivity contribution is 0.151. The number of hydrogen-bond donors (Lipinski definition) is 1. The standard InChI is InChI=1S/C15H25N3O2/c1-12(11-14-5-4-10-20-14)16-13-6-8-18(9-7-13)15(19)17(2)3/h4-5,10,12-13,16H,6-9,11H2,1-3H3. The summed E-state index contributed by atoms with van der Waals surface area (Å²) < 4.78 is 5.37. The van der Waals surface area contributed by atoms with Crippen LogP contribution in [-0.2, 0) is 6.42 Å². The lowest BCUT2D eigenvalue weighted by Crippen LogP contribution is -2.49. The number of carbonyl (C=O) groups is 1. The van der Waals surface area contributed by atoms with Gasteiger partial charge in [0.2, 0.25) is 0 Å². The molecule has 1 saturated heterocycles. The number of rotatable bonds is 4. The average Bonchev–Trinajstić information content (AvgIpc) is 2.91. The van der Waals surface area contributed by atoms with E-state index in [2.05, 4.69) is 12.2 Å². The lowest BCUT2D eigenvalue weighted by Gasteiger charge is -2.35. The summed E-state index contributed by atoms with van der Waals surface area (Å²) in [6, 6.07) is 4.93. The molecule has 1 aliphatic heterocycles. The number of hydrogen-bond acceptors (Lipinski definition) is 3. The van der Waals surface area contributed by atoms with Gasteiger partial charge in [-0.05, 0) is 31.9 Å². The minimum atomic E-state index is 0.118. The second-order valence-corrected chi connectivity index (χ2v) is 5.79. The second kappa shape index (κ2) is 6.79. The second-order valence-electron chi connectivity index (χ2n) is 5.79. The molecule has 1 aliphatic rings. The number of piperidine rings is 1. The minimum Gasteiger partial charge on any atom is -0.469 e. The molecule has 1 unspecified atom stereocenters. The number of amides is 2. The Morgan fingerprint density at radius 1 is 1.50 bits per heavy atom. The van der Waals surface area contributed by atoms with Crippen molar-refractivity contribution in [3.05, 3.63) is 24.2 Å². The monoisotopic (exact) mass is 279 g/mol. The van der Waals surface area contributed by atoms with Gasteiger partial charge in [-0.3, -0.25) is 0 Å². The van der Waals surface area contributed by atoms with E-state index in [1.807, 2.05) is 17.0 Å². The lowest BCUT2D eigenvalue weighted by atomic mass is 10.0. The molecular weight excluding hydrogens is 254 g/mol. The Kier molecular flexibility index (Phi) is 5.06. The van der Waals surface area contributed by atoms with Crippen LogP contribution in [0.2, 0.25) is 0 Å². The normalized spacial score (nSPS) is 18.1. The molecule has 5 heteroatoms. The van der Waals surface area contributed by atoms with Gasteiger partial charge in [-0.25, -0.2) is 4.79 Å². The zero-order valence-corrected chi connectivity index (χ0v) is 12.6. The van der Waals surface area contributed by atoms with Crippen molar-refractivity contribution < 1.29 is 9.21 Å². The molecule has 0 saturated carbocycles. The molecule has 2 heterocycles. The Labute approximate surface area is 120 Å². The van der Waals surface area contributed by atoms with Crippen LogP contribution < -0.4 is 5.32 Å². The molecule has 1 N–H and O–H groups in total. The van der Waals surface area contributed by atoms with E-state index in [4.69, 9.17) is 4.42 Å². The van der Waals surface area contributed by atoms with Gasteiger partial charge in [-0.2, -0.15) is 0 Å². The molecule has 0 bridgehead atoms. The average molecular weight is 279 g/mol. The molecule has 1 fully saturated rings. The number of urea groups is 1. The molecule has 2 rings (SSSR count). The molecule has 1 aromatic rings. The third-order valence-corrected chi connectivity index (χ3v) is 3.76. The van der Waals surface area contributed by atoms with E-state index in [0.717, 1.165) is 38.1 Å². The molecular formula is C15H25N3O2. The summed E-state index contributed by atoms with van der Waals surface area (Å²) in [6.07, 6.45) is 4.65. The molecule has 20 heavy (non-hydrogen) atoms. The first kappa shape index (κ1) is 14.9. The van der Waals surface area contributed by atoms with Crippen LogP contribution in [0.5, 0.6) is 0 Å². The maximum atomic E-state index is 11.9. The first-order valence-corrected chi connectivity index (χ1v) is 7.31. The Morgan fingerprint density at radius 2 is 2.20 bits per heavy atom. The summed E-state index contributed by atoms with van der Waals surface area (Å²) in [7, 11) is 3.61. The van der Waals surface area contributed by atoms with Gasteiger partial charge in [0.15, 0.2) is 0 Å². The first-order valence-electron chi connectivity index (χ1n) is 7.31. The SMILES string of the molecule is CC(Cc1ccco1)NC1CCN(C(=O)N(C)C)CC1. The van der Waals surface area contributed by atoms with Crippen LogP contribution >= 0.6 is 0 Å². The van der Waals surface area contributed by atoms with E-state index in [-0.39, 0.29) is 6.03 Å². The third kappa shape index (κ3) is 4.00. The van der Waals surface area contributed by atoms with Gasteiger partial charge in [0.05, 0.1) is 6.26 Å². The predicted molar refractivity (Wildman–Crippen MR) is 78.7 cm³/mol. The smallest absolute Gasteiger partial charge is 0.319 e. The topological polar surface area (TPSA) is 48.7 Å². The van der Waals surface area contributed by atoms with Crippen LogP contribution in [0, 0.1) is 0 Å². The highest BCUT2D eigenvalue weighted by Gasteiger charge is 2.24. The van der Waals surface area contributed by atoms with E-state index >= 15 is 0 Å². The fraction of sp³-hybridized carbons (Fsp3) is 0.667. The number of carbonyl (C=O) groups excluding carboxylic acids is 1. The van der Waals surface area contributed by atoms with Gasteiger partial charge < -0.3 is 19.5 Å². The summed E-state index contributed by atoms with van der Waals surface area (Å²) in [5, 5.41) is 3.63. The zero-order chi connectivity index (χ0) is 14.5. The van der Waals surface area contributed by atoms with Gasteiger partial charge in [0.25, 0.3) is 0 Å². The number of nitrogens with one attached hydrogen (secondary N) is 1. The molecule has 112 valence electrons. The first-order chi connectivity index (χ1) is 9.56. The van der Waals surface area contributed by atoms with Crippen molar-refractivity contribution in [2.45, 2.75) is 38.3 Å². The van der Waals surface area contributed by atoms with Crippen molar-refractivity contribution in [1.82, 2.24) is 15.1 Å². The van der Waals surface area contributed by atoms with Crippen LogP contribution in [0.25, 0.3) is 0 Å². The highest BCUT2D eigenvalue weighted by Crippen LogP contribution is 2.13. The summed E-state index contributed by atoms with van der Waals surface area (Å²) >= 11 is 0. The quantitative estimate of drug-likeness (QED) is 0.916. The fourth-order valence-electron chi connectivity index (χ4n) is 2.71. The molecule has 2 amide bonds. The summed E-state index contributed by atoms with van der Waals surface area (Å²) in [5.41, 5.74) is 0. The molecule has 1 atom stereocenters. The Balaban J connectivity index is 1.72. The van der Waals surface area contributed by atoms with Gasteiger partial charge in [-0.1, -0.05) is 0 Å². The predicted octanol–water partition coefficient (Wildman–Crippen LogP) is 1.95. The Bertz CT molecular complexity index is 409. The molecule has 0 spiro atoms. The van der Waals surface area contributed by atoms with Crippen LogP contribution in [0.3, 0.4) is 0 Å². The number of furan rings is 1. The van der Waals surface area contributed by atoms with Gasteiger partial charge in [-0.15, -0.1) is 0 Å². The van der Waals surface area contributed by atoms with Crippen LogP contribution in [-0.4, -0.2) is 55.1 Å². The van der Waals surface area contributed by atoms with Crippen molar-refractivity contribution in [3.63, 3.8) is 0 Å². The maximum Gasteiger partial charge on any atom is 0.319 e. The Morgan fingerprint density at radius 3 is 2.75 bits per heavy atom. The highest BCUT2D eigenvalue weighted by atomic mass is 16.3. The van der Waals surface area contributed by atoms with Gasteiger partial charge in [0, 0.05) is 45.7 Å². The van der Waals surface area contributed by atoms with E-state index in [9.17, 15) is 4.79 Å². The largest absolute Gasteiger partial charge is 0.469 e. The van der Waals surface area contributed by atoms with E-state index in [1.54, 1.807) is 25.3 Å². The molecule has 1 aromatic heterocycles.